The molecule has 34 heavy (non-hydrogen) atoms. The van der Waals surface area contributed by atoms with Crippen molar-refractivity contribution in [3.8, 4) is 0 Å². The van der Waals surface area contributed by atoms with Gasteiger partial charge in [-0.15, -0.1) is 0 Å². The number of nitrogens with one attached hydrogen (secondary N) is 6. The minimum absolute atomic E-state index is 0.0566. The van der Waals surface area contributed by atoms with E-state index < -0.39 is 17.6 Å². The molecule has 0 rings (SSSR count). The molecule has 0 aliphatic carbocycles. The Morgan fingerprint density at radius 1 is 0.706 bits per heavy atom. The quantitative estimate of drug-likeness (QED) is 0.0392. The second kappa shape index (κ2) is 20.1. The van der Waals surface area contributed by atoms with Gasteiger partial charge in [0.25, 0.3) is 0 Å². The maximum atomic E-state index is 12.4. The van der Waals surface area contributed by atoms with Crippen molar-refractivity contribution in [2.45, 2.75) is 50.6 Å². The van der Waals surface area contributed by atoms with Crippen LogP contribution in [0.1, 0.15) is 44.9 Å². The lowest BCUT2D eigenvalue weighted by Crippen LogP contribution is -2.69. The summed E-state index contributed by atoms with van der Waals surface area (Å²) in [6, 6.07) is 0. The van der Waals surface area contributed by atoms with E-state index >= 15 is 0 Å². The van der Waals surface area contributed by atoms with Crippen LogP contribution in [0.2, 0.25) is 0 Å². The maximum Gasteiger partial charge on any atom is 0.303 e. The highest BCUT2D eigenvalue weighted by molar-refractivity contribution is 5.77. The Bertz CT molecular complexity index is 610. The molecule has 0 saturated heterocycles. The molecule has 0 aromatic heterocycles. The van der Waals surface area contributed by atoms with E-state index in [4.69, 9.17) is 21.7 Å². The summed E-state index contributed by atoms with van der Waals surface area (Å²) in [4.78, 5) is 45.2. The van der Waals surface area contributed by atoms with Crippen molar-refractivity contribution in [3.05, 3.63) is 0 Å². The molecule has 0 bridgehead atoms. The Morgan fingerprint density at radius 3 is 1.91 bits per heavy atom. The van der Waals surface area contributed by atoms with Crippen molar-refractivity contribution < 1.29 is 29.4 Å². The van der Waals surface area contributed by atoms with Crippen molar-refractivity contribution in [3.63, 3.8) is 0 Å². The molecule has 0 unspecified atom stereocenters. The van der Waals surface area contributed by atoms with Crippen molar-refractivity contribution >= 4 is 23.8 Å². The van der Waals surface area contributed by atoms with Gasteiger partial charge < -0.3 is 37.6 Å². The van der Waals surface area contributed by atoms with Crippen molar-refractivity contribution in [2.24, 2.45) is 11.5 Å². The Labute approximate surface area is 200 Å². The van der Waals surface area contributed by atoms with Crippen LogP contribution in [-0.2, 0) is 19.2 Å². The molecule has 14 heteroatoms. The van der Waals surface area contributed by atoms with E-state index in [-0.39, 0.29) is 56.9 Å². The largest absolute Gasteiger partial charge is 0.481 e. The smallest absolute Gasteiger partial charge is 0.303 e. The average molecular weight is 491 g/mol. The van der Waals surface area contributed by atoms with Crippen LogP contribution in [0.4, 0.5) is 0 Å². The number of carboxylic acids is 2. The molecule has 0 heterocycles. The van der Waals surface area contributed by atoms with Gasteiger partial charge in [0.2, 0.25) is 11.8 Å². The number of hydrazine groups is 1. The third-order valence-electron chi connectivity index (χ3n) is 4.72. The van der Waals surface area contributed by atoms with Gasteiger partial charge in [-0.3, -0.25) is 29.9 Å². The van der Waals surface area contributed by atoms with Crippen LogP contribution in [0, 0.1) is 0 Å². The average Bonchev–Trinajstić information content (AvgIpc) is 2.77. The summed E-state index contributed by atoms with van der Waals surface area (Å²) in [6.07, 6.45) is 1.32. The number of hydrogen-bond donors (Lipinski definition) is 10. The molecule has 2 amide bonds. The van der Waals surface area contributed by atoms with Crippen LogP contribution in [0.5, 0.6) is 0 Å². The first-order valence-corrected chi connectivity index (χ1v) is 11.6. The van der Waals surface area contributed by atoms with Gasteiger partial charge in [0.15, 0.2) is 0 Å². The highest BCUT2D eigenvalue weighted by Gasteiger charge is 2.29. The molecule has 0 aliphatic heterocycles. The molecule has 0 fully saturated rings. The fourth-order valence-corrected chi connectivity index (χ4v) is 2.89. The normalized spacial score (nSPS) is 12.6. The third kappa shape index (κ3) is 18.1. The molecule has 0 radical (unpaired) electrons. The maximum absolute atomic E-state index is 12.4. The van der Waals surface area contributed by atoms with E-state index in [2.05, 4.69) is 32.1 Å². The summed E-state index contributed by atoms with van der Waals surface area (Å²) in [5.74, 6) is -2.55. The molecule has 0 aromatic carbocycles. The zero-order valence-corrected chi connectivity index (χ0v) is 19.8. The lowest BCUT2D eigenvalue weighted by molar-refractivity contribution is -0.138. The molecule has 1 atom stereocenters. The van der Waals surface area contributed by atoms with E-state index in [0.29, 0.717) is 39.3 Å². The van der Waals surface area contributed by atoms with Crippen molar-refractivity contribution in [2.75, 3.05) is 52.4 Å². The summed E-state index contributed by atoms with van der Waals surface area (Å²) in [7, 11) is 0. The molecule has 0 aromatic rings. The third-order valence-corrected chi connectivity index (χ3v) is 4.72. The van der Waals surface area contributed by atoms with Gasteiger partial charge in [-0.05, 0) is 32.4 Å². The van der Waals surface area contributed by atoms with E-state index in [1.807, 2.05) is 0 Å². The lowest BCUT2D eigenvalue weighted by Gasteiger charge is -2.35. The first kappa shape index (κ1) is 31.6. The SMILES string of the molecule is NCCCNCCNC[C@](CN)(NCCNNC(=O)CCCC(=O)O)NC(=O)CCCC(=O)O. The van der Waals surface area contributed by atoms with Gasteiger partial charge in [0, 0.05) is 65.0 Å². The second-order valence-corrected chi connectivity index (χ2v) is 7.80. The van der Waals surface area contributed by atoms with Crippen molar-refractivity contribution in [1.29, 1.82) is 0 Å². The van der Waals surface area contributed by atoms with Gasteiger partial charge in [0.05, 0.1) is 0 Å². The Balaban J connectivity index is 4.56. The number of nitrogens with two attached hydrogens (primary N) is 2. The van der Waals surface area contributed by atoms with E-state index in [1.54, 1.807) is 0 Å². The summed E-state index contributed by atoms with van der Waals surface area (Å²) >= 11 is 0. The predicted octanol–water partition coefficient (Wildman–Crippen LogP) is -2.99. The molecule has 0 saturated carbocycles. The first-order valence-electron chi connectivity index (χ1n) is 11.6. The highest BCUT2D eigenvalue weighted by atomic mass is 16.4. The fourth-order valence-electron chi connectivity index (χ4n) is 2.89. The molecule has 0 aliphatic rings. The summed E-state index contributed by atoms with van der Waals surface area (Å²) in [5.41, 5.74) is 15.7. The number of hydrogen-bond acceptors (Lipinski definition) is 10. The van der Waals surface area contributed by atoms with Crippen LogP contribution in [-0.4, -0.2) is 92.0 Å². The summed E-state index contributed by atoms with van der Waals surface area (Å²) in [6.45, 7) is 3.84. The Kier molecular flexibility index (Phi) is 18.7. The molecule has 0 spiro atoms. The number of carbonyl (C=O) groups is 4. The van der Waals surface area contributed by atoms with E-state index in [9.17, 15) is 19.2 Å². The lowest BCUT2D eigenvalue weighted by atomic mass is 10.1. The molecule has 198 valence electrons. The van der Waals surface area contributed by atoms with E-state index in [1.165, 1.54) is 0 Å². The van der Waals surface area contributed by atoms with Gasteiger partial charge in [0.1, 0.15) is 5.66 Å². The molecule has 14 nitrogen and oxygen atoms in total. The van der Waals surface area contributed by atoms with Gasteiger partial charge in [-0.1, -0.05) is 0 Å². The van der Waals surface area contributed by atoms with Gasteiger partial charge >= 0.3 is 11.9 Å². The fraction of sp³-hybridized carbons (Fsp3) is 0.800. The molecule has 12 N–H and O–H groups in total. The zero-order chi connectivity index (χ0) is 25.7. The minimum atomic E-state index is -0.968. The van der Waals surface area contributed by atoms with Crippen LogP contribution >= 0.6 is 0 Å². The molecular weight excluding hydrogens is 448 g/mol. The monoisotopic (exact) mass is 490 g/mol. The van der Waals surface area contributed by atoms with Crippen LogP contribution in [0.25, 0.3) is 0 Å². The summed E-state index contributed by atoms with van der Waals surface area (Å²) in [5, 5.41) is 29.9. The van der Waals surface area contributed by atoms with E-state index in [0.717, 1.165) is 13.0 Å². The van der Waals surface area contributed by atoms with Crippen LogP contribution in [0.15, 0.2) is 0 Å². The first-order chi connectivity index (χ1) is 16.2. The summed E-state index contributed by atoms with van der Waals surface area (Å²) < 4.78 is 0. The second-order valence-electron chi connectivity index (χ2n) is 7.80. The number of carbonyl (C=O) groups excluding carboxylic acids is 2. The predicted molar refractivity (Wildman–Crippen MR) is 126 cm³/mol. The van der Waals surface area contributed by atoms with Crippen LogP contribution in [0.3, 0.4) is 0 Å². The number of rotatable bonds is 23. The van der Waals surface area contributed by atoms with Gasteiger partial charge in [-0.2, -0.15) is 0 Å². The van der Waals surface area contributed by atoms with Crippen LogP contribution < -0.4 is 43.6 Å². The Hall–Kier alpha value is -2.36. The number of aliphatic carboxylic acids is 2. The van der Waals surface area contributed by atoms with Crippen molar-refractivity contribution in [1.82, 2.24) is 32.1 Å². The number of amides is 2. The Morgan fingerprint density at radius 2 is 1.32 bits per heavy atom. The topological polar surface area (TPSA) is 233 Å². The zero-order valence-electron chi connectivity index (χ0n) is 19.8. The number of carboxylic acid groups (broad SMARTS) is 2. The standard InChI is InChI=1S/C20H42N8O6/c21-8-3-9-23-10-11-24-15-20(14-22,27-16(29)4-1-6-18(31)32)25-12-13-26-28-17(30)5-2-7-19(33)34/h23-26H,1-15,21-22H2,(H,27,29)(H,28,30)(H,31,32)(H,33,34)/t20-/m1/s1. The minimum Gasteiger partial charge on any atom is -0.481 e. The highest BCUT2D eigenvalue weighted by Crippen LogP contribution is 2.01. The molecular formula is C20H42N8O6. The van der Waals surface area contributed by atoms with Gasteiger partial charge in [-0.25, -0.2) is 5.43 Å².